The largest absolute Gasteiger partial charge is 0.395 e. The summed E-state index contributed by atoms with van der Waals surface area (Å²) in [5.74, 6) is 1.07. The molecular formula is C20H35NO2. The average molecular weight is 322 g/mol. The molecule has 0 aromatic heterocycles. The first kappa shape index (κ1) is 20.0. The van der Waals surface area contributed by atoms with Crippen LogP contribution in [-0.4, -0.2) is 42.9 Å². The van der Waals surface area contributed by atoms with Crippen molar-refractivity contribution in [1.82, 2.24) is 4.90 Å². The van der Waals surface area contributed by atoms with Crippen molar-refractivity contribution < 1.29 is 9.84 Å². The van der Waals surface area contributed by atoms with Gasteiger partial charge in [-0.05, 0) is 45.1 Å². The Kier molecular flexibility index (Phi) is 9.27. The molecule has 23 heavy (non-hydrogen) atoms. The fourth-order valence-corrected chi connectivity index (χ4v) is 2.96. The summed E-state index contributed by atoms with van der Waals surface area (Å²) in [6.07, 6.45) is 12.6. The van der Waals surface area contributed by atoms with Crippen molar-refractivity contribution in [2.75, 3.05) is 26.8 Å². The Morgan fingerprint density at radius 2 is 2.09 bits per heavy atom. The third-order valence-corrected chi connectivity index (χ3v) is 4.52. The molecule has 1 aliphatic carbocycles. The van der Waals surface area contributed by atoms with E-state index in [-0.39, 0.29) is 12.7 Å². The van der Waals surface area contributed by atoms with Gasteiger partial charge in [0.05, 0.1) is 12.7 Å². The van der Waals surface area contributed by atoms with Gasteiger partial charge in [-0.25, -0.2) is 0 Å². The molecule has 0 saturated carbocycles. The highest BCUT2D eigenvalue weighted by molar-refractivity contribution is 5.25. The number of aliphatic hydroxyl groups is 1. The Hall–Kier alpha value is -1.06. The molecule has 0 spiro atoms. The smallest absolute Gasteiger partial charge is 0.0816 e. The second-order valence-electron chi connectivity index (χ2n) is 6.97. The minimum absolute atomic E-state index is 0.165. The minimum Gasteiger partial charge on any atom is -0.395 e. The van der Waals surface area contributed by atoms with Crippen LogP contribution in [0.3, 0.4) is 0 Å². The SMILES string of the molecule is COC1C=CC(N(CCO)CCC(C)CCC=C(C)C)=CC1C. The first-order chi connectivity index (χ1) is 11.0. The van der Waals surface area contributed by atoms with E-state index in [2.05, 4.69) is 56.9 Å². The molecule has 0 saturated heterocycles. The fourth-order valence-electron chi connectivity index (χ4n) is 2.96. The van der Waals surface area contributed by atoms with Crippen LogP contribution in [0.1, 0.15) is 47.0 Å². The Balaban J connectivity index is 2.52. The van der Waals surface area contributed by atoms with Gasteiger partial charge in [-0.1, -0.05) is 37.6 Å². The molecule has 3 unspecified atom stereocenters. The maximum Gasteiger partial charge on any atom is 0.0816 e. The second kappa shape index (κ2) is 10.7. The maximum absolute atomic E-state index is 9.37. The van der Waals surface area contributed by atoms with Gasteiger partial charge in [0, 0.05) is 31.8 Å². The van der Waals surface area contributed by atoms with Crippen LogP contribution < -0.4 is 0 Å². The van der Waals surface area contributed by atoms with Gasteiger partial charge in [-0.3, -0.25) is 0 Å². The van der Waals surface area contributed by atoms with Crippen molar-refractivity contribution in [3.8, 4) is 0 Å². The van der Waals surface area contributed by atoms with Crippen LogP contribution in [0.2, 0.25) is 0 Å². The van der Waals surface area contributed by atoms with E-state index < -0.39 is 0 Å². The predicted molar refractivity (Wildman–Crippen MR) is 98.3 cm³/mol. The average Bonchev–Trinajstić information content (AvgIpc) is 2.51. The zero-order chi connectivity index (χ0) is 17.2. The number of aliphatic hydroxyl groups excluding tert-OH is 1. The monoisotopic (exact) mass is 321 g/mol. The minimum atomic E-state index is 0.165. The van der Waals surface area contributed by atoms with E-state index in [1.807, 2.05) is 0 Å². The summed E-state index contributed by atoms with van der Waals surface area (Å²) in [7, 11) is 1.75. The molecule has 0 heterocycles. The van der Waals surface area contributed by atoms with Crippen LogP contribution in [0.4, 0.5) is 0 Å². The molecule has 0 amide bonds. The third kappa shape index (κ3) is 7.36. The molecule has 1 N–H and O–H groups in total. The van der Waals surface area contributed by atoms with Crippen molar-refractivity contribution in [3.05, 3.63) is 35.6 Å². The first-order valence-electron chi connectivity index (χ1n) is 8.90. The zero-order valence-corrected chi connectivity index (χ0v) is 15.6. The molecule has 3 nitrogen and oxygen atoms in total. The lowest BCUT2D eigenvalue weighted by molar-refractivity contribution is 0.109. The van der Waals surface area contributed by atoms with Gasteiger partial charge >= 0.3 is 0 Å². The number of ether oxygens (including phenoxy) is 1. The van der Waals surface area contributed by atoms with Gasteiger partial charge in [0.25, 0.3) is 0 Å². The van der Waals surface area contributed by atoms with Crippen molar-refractivity contribution in [1.29, 1.82) is 0 Å². The predicted octanol–water partition coefficient (Wildman–Crippen LogP) is 4.16. The van der Waals surface area contributed by atoms with Crippen molar-refractivity contribution in [2.24, 2.45) is 11.8 Å². The highest BCUT2D eigenvalue weighted by Crippen LogP contribution is 2.22. The molecule has 0 bridgehead atoms. The molecular weight excluding hydrogens is 286 g/mol. The van der Waals surface area contributed by atoms with Crippen LogP contribution in [0.25, 0.3) is 0 Å². The maximum atomic E-state index is 9.37. The topological polar surface area (TPSA) is 32.7 Å². The first-order valence-corrected chi connectivity index (χ1v) is 8.90. The van der Waals surface area contributed by atoms with Gasteiger partial charge in [-0.2, -0.15) is 0 Å². The molecule has 3 heteroatoms. The summed E-state index contributed by atoms with van der Waals surface area (Å²) in [6.45, 7) is 10.7. The van der Waals surface area contributed by atoms with Gasteiger partial charge in [-0.15, -0.1) is 0 Å². The van der Waals surface area contributed by atoms with Gasteiger partial charge in [0.2, 0.25) is 0 Å². The molecule has 0 aromatic carbocycles. The number of hydrogen-bond donors (Lipinski definition) is 1. The second-order valence-corrected chi connectivity index (χ2v) is 6.97. The molecule has 0 aliphatic heterocycles. The van der Waals surface area contributed by atoms with Gasteiger partial charge in [0.1, 0.15) is 0 Å². The number of methoxy groups -OCH3 is 1. The summed E-state index contributed by atoms with van der Waals surface area (Å²) in [5.41, 5.74) is 2.62. The van der Waals surface area contributed by atoms with Gasteiger partial charge < -0.3 is 14.7 Å². The van der Waals surface area contributed by atoms with Crippen molar-refractivity contribution >= 4 is 0 Å². The Morgan fingerprint density at radius 3 is 2.65 bits per heavy atom. The lowest BCUT2D eigenvalue weighted by Gasteiger charge is -2.31. The quantitative estimate of drug-likeness (QED) is 0.613. The molecule has 3 atom stereocenters. The summed E-state index contributed by atoms with van der Waals surface area (Å²) >= 11 is 0. The van der Waals surface area contributed by atoms with Gasteiger partial charge in [0.15, 0.2) is 0 Å². The van der Waals surface area contributed by atoms with Crippen molar-refractivity contribution in [2.45, 2.75) is 53.1 Å². The van der Waals surface area contributed by atoms with Crippen LogP contribution >= 0.6 is 0 Å². The fraction of sp³-hybridized carbons (Fsp3) is 0.700. The van der Waals surface area contributed by atoms with E-state index in [9.17, 15) is 5.11 Å². The highest BCUT2D eigenvalue weighted by Gasteiger charge is 2.19. The molecule has 0 radical (unpaired) electrons. The number of allylic oxidation sites excluding steroid dienone is 3. The normalized spacial score (nSPS) is 21.7. The Morgan fingerprint density at radius 1 is 1.35 bits per heavy atom. The molecule has 0 fully saturated rings. The summed E-state index contributed by atoms with van der Waals surface area (Å²) in [6, 6.07) is 0. The van der Waals surface area contributed by atoms with Crippen LogP contribution in [0.5, 0.6) is 0 Å². The Labute approximate surface area is 142 Å². The summed E-state index contributed by atoms with van der Waals surface area (Å²) in [4.78, 5) is 2.30. The molecule has 1 aliphatic rings. The molecule has 132 valence electrons. The van der Waals surface area contributed by atoms with E-state index in [4.69, 9.17) is 4.74 Å². The third-order valence-electron chi connectivity index (χ3n) is 4.52. The highest BCUT2D eigenvalue weighted by atomic mass is 16.5. The molecule has 1 rings (SSSR count). The standard InChI is InChI=1S/C20H35NO2/c1-16(2)7-6-8-17(3)11-12-21(13-14-22)19-9-10-20(23-5)18(4)15-19/h7,9-10,15,17-18,20,22H,6,8,11-14H2,1-5H3. The van der Waals surface area contributed by atoms with Crippen molar-refractivity contribution in [3.63, 3.8) is 0 Å². The summed E-state index contributed by atoms with van der Waals surface area (Å²) in [5, 5.41) is 9.37. The van der Waals surface area contributed by atoms with Crippen LogP contribution in [0, 0.1) is 11.8 Å². The number of nitrogens with zero attached hydrogens (tertiary/aromatic N) is 1. The van der Waals surface area contributed by atoms with E-state index in [0.717, 1.165) is 13.0 Å². The number of hydrogen-bond acceptors (Lipinski definition) is 3. The summed E-state index contributed by atoms with van der Waals surface area (Å²) < 4.78 is 5.45. The van der Waals surface area contributed by atoms with E-state index in [1.165, 1.54) is 24.1 Å². The lowest BCUT2D eigenvalue weighted by atomic mass is 9.96. The lowest BCUT2D eigenvalue weighted by Crippen LogP contribution is -2.31. The molecule has 0 aromatic rings. The zero-order valence-electron chi connectivity index (χ0n) is 15.6. The van der Waals surface area contributed by atoms with E-state index >= 15 is 0 Å². The number of rotatable bonds is 10. The van der Waals surface area contributed by atoms with Crippen LogP contribution in [-0.2, 0) is 4.74 Å². The Bertz CT molecular complexity index is 421. The van der Waals surface area contributed by atoms with Crippen LogP contribution in [0.15, 0.2) is 35.6 Å². The van der Waals surface area contributed by atoms with E-state index in [0.29, 0.717) is 18.4 Å². The van der Waals surface area contributed by atoms with E-state index in [1.54, 1.807) is 7.11 Å².